The van der Waals surface area contributed by atoms with Crippen molar-refractivity contribution in [1.82, 2.24) is 15.6 Å². The summed E-state index contributed by atoms with van der Waals surface area (Å²) in [6.45, 7) is 0.334. The number of nitrogens with one attached hydrogen (secondary N) is 2. The number of carbonyl (C=O) groups is 3. The lowest BCUT2D eigenvalue weighted by Crippen LogP contribution is -2.46. The molecule has 0 radical (unpaired) electrons. The molecule has 0 aromatic carbocycles. The Hall–Kier alpha value is -2.64. The van der Waals surface area contributed by atoms with Crippen molar-refractivity contribution in [1.29, 1.82) is 0 Å². The number of rotatable bonds is 8. The third-order valence-corrected chi connectivity index (χ3v) is 2.70. The Kier molecular flexibility index (Phi) is 6.66. The van der Waals surface area contributed by atoms with Gasteiger partial charge in [0.05, 0.1) is 0 Å². The second kappa shape index (κ2) is 8.51. The van der Waals surface area contributed by atoms with Crippen molar-refractivity contribution in [3.8, 4) is 0 Å². The number of pyridine rings is 1. The number of aliphatic carboxylic acids is 2. The first-order valence-corrected chi connectivity index (χ1v) is 6.37. The van der Waals surface area contributed by atoms with E-state index in [1.807, 2.05) is 12.1 Å². The van der Waals surface area contributed by atoms with Crippen LogP contribution in [-0.2, 0) is 16.0 Å². The molecule has 2 amide bonds. The highest BCUT2D eigenvalue weighted by Gasteiger charge is 2.20. The molecule has 1 unspecified atom stereocenters. The van der Waals surface area contributed by atoms with Crippen molar-refractivity contribution in [2.45, 2.75) is 25.3 Å². The van der Waals surface area contributed by atoms with Gasteiger partial charge < -0.3 is 20.8 Å². The molecule has 1 aromatic rings. The predicted octanol–water partition coefficient (Wildman–Crippen LogP) is 0.241. The van der Waals surface area contributed by atoms with Crippen LogP contribution >= 0.6 is 0 Å². The predicted molar refractivity (Wildman–Crippen MR) is 72.8 cm³/mol. The first kappa shape index (κ1) is 16.4. The summed E-state index contributed by atoms with van der Waals surface area (Å²) in [6, 6.07) is 1.77. The Morgan fingerprint density at radius 1 is 1.19 bits per heavy atom. The summed E-state index contributed by atoms with van der Waals surface area (Å²) in [6.07, 6.45) is 3.38. The third kappa shape index (κ3) is 6.90. The van der Waals surface area contributed by atoms with E-state index in [4.69, 9.17) is 10.2 Å². The zero-order valence-electron chi connectivity index (χ0n) is 11.3. The van der Waals surface area contributed by atoms with Crippen molar-refractivity contribution >= 4 is 18.0 Å². The lowest BCUT2D eigenvalue weighted by molar-refractivity contribution is -0.140. The minimum Gasteiger partial charge on any atom is -0.481 e. The molecule has 1 rings (SSSR count). The molecule has 0 fully saturated rings. The van der Waals surface area contributed by atoms with Crippen LogP contribution in [0.5, 0.6) is 0 Å². The van der Waals surface area contributed by atoms with E-state index in [2.05, 4.69) is 15.6 Å². The lowest BCUT2D eigenvalue weighted by Gasteiger charge is -2.14. The van der Waals surface area contributed by atoms with Crippen molar-refractivity contribution in [2.24, 2.45) is 0 Å². The fourth-order valence-electron chi connectivity index (χ4n) is 1.60. The van der Waals surface area contributed by atoms with Crippen LogP contribution in [0.2, 0.25) is 0 Å². The van der Waals surface area contributed by atoms with E-state index >= 15 is 0 Å². The number of aromatic nitrogens is 1. The molecule has 1 aromatic heterocycles. The number of hydrogen-bond acceptors (Lipinski definition) is 4. The van der Waals surface area contributed by atoms with Crippen LogP contribution < -0.4 is 10.6 Å². The van der Waals surface area contributed by atoms with Crippen LogP contribution in [0.1, 0.15) is 18.4 Å². The van der Waals surface area contributed by atoms with E-state index in [-0.39, 0.29) is 12.8 Å². The molecule has 0 aliphatic heterocycles. The monoisotopic (exact) mass is 295 g/mol. The van der Waals surface area contributed by atoms with Crippen LogP contribution in [0.4, 0.5) is 4.79 Å². The second-order valence-electron chi connectivity index (χ2n) is 4.33. The van der Waals surface area contributed by atoms with E-state index in [1.54, 1.807) is 12.4 Å². The quantitative estimate of drug-likeness (QED) is 0.544. The van der Waals surface area contributed by atoms with Crippen molar-refractivity contribution < 1.29 is 24.6 Å². The summed E-state index contributed by atoms with van der Waals surface area (Å²) in [5.74, 6) is -2.37. The smallest absolute Gasteiger partial charge is 0.326 e. The minimum absolute atomic E-state index is 0.164. The molecule has 0 saturated carbocycles. The highest BCUT2D eigenvalue weighted by molar-refractivity contribution is 5.82. The maximum absolute atomic E-state index is 11.5. The van der Waals surface area contributed by atoms with Crippen LogP contribution in [0.15, 0.2) is 24.5 Å². The number of carboxylic acid groups (broad SMARTS) is 2. The third-order valence-electron chi connectivity index (χ3n) is 2.70. The molecule has 0 saturated heterocycles. The van der Waals surface area contributed by atoms with E-state index in [1.165, 1.54) is 0 Å². The SMILES string of the molecule is O=C(O)CCC(NC(=O)NCCc1ccncc1)C(=O)O. The zero-order valence-corrected chi connectivity index (χ0v) is 11.3. The molecular formula is C13H17N3O5. The molecule has 1 heterocycles. The molecule has 8 nitrogen and oxygen atoms in total. The fourth-order valence-corrected chi connectivity index (χ4v) is 1.60. The minimum atomic E-state index is -1.26. The average Bonchev–Trinajstić information content (AvgIpc) is 2.44. The van der Waals surface area contributed by atoms with Crippen LogP contribution in [-0.4, -0.2) is 45.8 Å². The topological polar surface area (TPSA) is 129 Å². The van der Waals surface area contributed by atoms with Crippen LogP contribution in [0.3, 0.4) is 0 Å². The highest BCUT2D eigenvalue weighted by Crippen LogP contribution is 1.99. The maximum atomic E-state index is 11.5. The summed E-state index contributed by atoms with van der Waals surface area (Å²) < 4.78 is 0. The molecule has 0 spiro atoms. The Morgan fingerprint density at radius 2 is 1.86 bits per heavy atom. The number of amides is 2. The Balaban J connectivity index is 2.33. The van der Waals surface area contributed by atoms with Gasteiger partial charge in [-0.3, -0.25) is 9.78 Å². The number of hydrogen-bond donors (Lipinski definition) is 4. The van der Waals surface area contributed by atoms with E-state index in [0.717, 1.165) is 5.56 Å². The highest BCUT2D eigenvalue weighted by atomic mass is 16.4. The van der Waals surface area contributed by atoms with Gasteiger partial charge in [-0.05, 0) is 30.5 Å². The maximum Gasteiger partial charge on any atom is 0.326 e. The molecule has 21 heavy (non-hydrogen) atoms. The van der Waals surface area contributed by atoms with Gasteiger partial charge in [-0.15, -0.1) is 0 Å². The number of carbonyl (C=O) groups excluding carboxylic acids is 1. The second-order valence-corrected chi connectivity index (χ2v) is 4.33. The van der Waals surface area contributed by atoms with Crippen molar-refractivity contribution in [3.05, 3.63) is 30.1 Å². The molecule has 114 valence electrons. The fraction of sp³-hybridized carbons (Fsp3) is 0.385. The lowest BCUT2D eigenvalue weighted by atomic mass is 10.1. The molecule has 8 heteroatoms. The summed E-state index contributed by atoms with van der Waals surface area (Å²) >= 11 is 0. The van der Waals surface area contributed by atoms with Gasteiger partial charge in [-0.25, -0.2) is 9.59 Å². The molecule has 0 aliphatic rings. The summed E-state index contributed by atoms with van der Waals surface area (Å²) in [5.41, 5.74) is 0.992. The average molecular weight is 295 g/mol. The van der Waals surface area contributed by atoms with Gasteiger partial charge in [0.15, 0.2) is 0 Å². The van der Waals surface area contributed by atoms with Gasteiger partial charge in [0.1, 0.15) is 6.04 Å². The molecule has 0 aliphatic carbocycles. The van der Waals surface area contributed by atoms with Gasteiger partial charge in [0.25, 0.3) is 0 Å². The van der Waals surface area contributed by atoms with Crippen LogP contribution in [0, 0.1) is 0 Å². The van der Waals surface area contributed by atoms with Crippen molar-refractivity contribution in [2.75, 3.05) is 6.54 Å². The number of urea groups is 1. The molecule has 0 bridgehead atoms. The van der Waals surface area contributed by atoms with E-state index in [0.29, 0.717) is 13.0 Å². The summed E-state index contributed by atoms with van der Waals surface area (Å²) in [7, 11) is 0. The Bertz CT molecular complexity index is 492. The van der Waals surface area contributed by atoms with Gasteiger partial charge in [-0.2, -0.15) is 0 Å². The molecular weight excluding hydrogens is 278 g/mol. The summed E-state index contributed by atoms with van der Waals surface area (Å²) in [4.78, 5) is 36.7. The molecule has 4 N–H and O–H groups in total. The van der Waals surface area contributed by atoms with E-state index in [9.17, 15) is 14.4 Å². The summed E-state index contributed by atoms with van der Waals surface area (Å²) in [5, 5.41) is 22.2. The number of carboxylic acids is 2. The number of nitrogens with zero attached hydrogens (tertiary/aromatic N) is 1. The molecule has 1 atom stereocenters. The Morgan fingerprint density at radius 3 is 2.43 bits per heavy atom. The van der Waals surface area contributed by atoms with Gasteiger partial charge in [0, 0.05) is 25.4 Å². The largest absolute Gasteiger partial charge is 0.481 e. The van der Waals surface area contributed by atoms with Crippen LogP contribution in [0.25, 0.3) is 0 Å². The van der Waals surface area contributed by atoms with E-state index < -0.39 is 24.0 Å². The van der Waals surface area contributed by atoms with Crippen molar-refractivity contribution in [3.63, 3.8) is 0 Å². The zero-order chi connectivity index (χ0) is 15.7. The first-order valence-electron chi connectivity index (χ1n) is 6.37. The van der Waals surface area contributed by atoms with Gasteiger partial charge in [0.2, 0.25) is 0 Å². The first-order chi connectivity index (χ1) is 9.99. The standard InChI is InChI=1S/C13H17N3O5/c17-11(18)2-1-10(12(19)20)16-13(21)15-8-5-9-3-6-14-7-4-9/h3-4,6-7,10H,1-2,5,8H2,(H,17,18)(H,19,20)(H2,15,16,21). The van der Waals surface area contributed by atoms with Gasteiger partial charge in [-0.1, -0.05) is 0 Å². The van der Waals surface area contributed by atoms with Gasteiger partial charge >= 0.3 is 18.0 Å². The normalized spacial score (nSPS) is 11.4. The Labute approximate surface area is 121 Å².